The standard InChI is InChI=1S/C21H20F2O5/c1-13-7-8-14(2)16(11-13)17(24)12-27-19(25)10-9-15-5-4-6-18(26-3)20(15)28-21(22)23/h4-11,21H,12H2,1-3H3/b10-9+. The lowest BCUT2D eigenvalue weighted by Crippen LogP contribution is -2.13. The largest absolute Gasteiger partial charge is 0.493 e. The van der Waals surface area contributed by atoms with E-state index in [-0.39, 0.29) is 22.8 Å². The second kappa shape index (κ2) is 9.64. The minimum absolute atomic E-state index is 0.0981. The van der Waals surface area contributed by atoms with Gasteiger partial charge in [0, 0.05) is 17.2 Å². The molecule has 0 heterocycles. The smallest absolute Gasteiger partial charge is 0.387 e. The van der Waals surface area contributed by atoms with Gasteiger partial charge in [-0.2, -0.15) is 8.78 Å². The minimum atomic E-state index is -3.05. The average Bonchev–Trinajstić information content (AvgIpc) is 2.66. The zero-order chi connectivity index (χ0) is 20.7. The number of ketones is 1. The van der Waals surface area contributed by atoms with Gasteiger partial charge in [-0.3, -0.25) is 4.79 Å². The van der Waals surface area contributed by atoms with Crippen LogP contribution in [0.25, 0.3) is 6.08 Å². The highest BCUT2D eigenvalue weighted by atomic mass is 19.3. The number of aryl methyl sites for hydroxylation is 2. The summed E-state index contributed by atoms with van der Waals surface area (Å²) in [6, 6.07) is 9.92. The number of ether oxygens (including phenoxy) is 3. The quantitative estimate of drug-likeness (QED) is 0.381. The average molecular weight is 390 g/mol. The zero-order valence-electron chi connectivity index (χ0n) is 15.7. The van der Waals surface area contributed by atoms with Gasteiger partial charge in [-0.25, -0.2) is 4.79 Å². The fourth-order valence-electron chi connectivity index (χ4n) is 2.50. The first-order valence-electron chi connectivity index (χ1n) is 8.39. The summed E-state index contributed by atoms with van der Waals surface area (Å²) in [6.07, 6.45) is 2.29. The molecule has 2 rings (SSSR count). The molecule has 0 radical (unpaired) electrons. The molecule has 0 aliphatic carbocycles. The molecule has 0 aliphatic heterocycles. The topological polar surface area (TPSA) is 61.8 Å². The molecule has 0 fully saturated rings. The normalized spacial score (nSPS) is 10.9. The second-order valence-corrected chi connectivity index (χ2v) is 5.94. The molecule has 0 saturated heterocycles. The van der Waals surface area contributed by atoms with E-state index in [9.17, 15) is 18.4 Å². The van der Waals surface area contributed by atoms with Crippen molar-refractivity contribution in [2.24, 2.45) is 0 Å². The molecule has 0 unspecified atom stereocenters. The van der Waals surface area contributed by atoms with Gasteiger partial charge < -0.3 is 14.2 Å². The Morgan fingerprint density at radius 3 is 2.57 bits per heavy atom. The van der Waals surface area contributed by atoms with E-state index in [4.69, 9.17) is 9.47 Å². The maximum Gasteiger partial charge on any atom is 0.387 e. The molecule has 0 aliphatic rings. The van der Waals surface area contributed by atoms with Crippen molar-refractivity contribution in [3.8, 4) is 11.5 Å². The molecule has 0 bridgehead atoms. The first-order valence-corrected chi connectivity index (χ1v) is 8.39. The number of rotatable bonds is 8. The molecule has 0 atom stereocenters. The Morgan fingerprint density at radius 2 is 1.89 bits per heavy atom. The Morgan fingerprint density at radius 1 is 1.14 bits per heavy atom. The Balaban J connectivity index is 2.06. The number of carbonyl (C=O) groups excluding carboxylic acids is 2. The maximum absolute atomic E-state index is 12.6. The van der Waals surface area contributed by atoms with Crippen molar-refractivity contribution in [3.63, 3.8) is 0 Å². The summed E-state index contributed by atoms with van der Waals surface area (Å²) in [5.74, 6) is -1.22. The fourth-order valence-corrected chi connectivity index (χ4v) is 2.50. The monoisotopic (exact) mass is 390 g/mol. The number of methoxy groups -OCH3 is 1. The summed E-state index contributed by atoms with van der Waals surface area (Å²) < 4.78 is 39.6. The van der Waals surface area contributed by atoms with E-state index in [1.807, 2.05) is 19.1 Å². The van der Waals surface area contributed by atoms with Crippen molar-refractivity contribution in [2.75, 3.05) is 13.7 Å². The van der Waals surface area contributed by atoms with Crippen LogP contribution in [0, 0.1) is 13.8 Å². The Bertz CT molecular complexity index is 890. The van der Waals surface area contributed by atoms with E-state index < -0.39 is 19.2 Å². The Labute approximate surface area is 161 Å². The Hall–Kier alpha value is -3.22. The third-order valence-electron chi connectivity index (χ3n) is 3.87. The number of alkyl halides is 2. The van der Waals surface area contributed by atoms with Crippen LogP contribution < -0.4 is 9.47 Å². The lowest BCUT2D eigenvalue weighted by molar-refractivity contribution is -0.136. The van der Waals surface area contributed by atoms with E-state index in [1.54, 1.807) is 19.1 Å². The number of carbonyl (C=O) groups is 2. The molecule has 5 nitrogen and oxygen atoms in total. The lowest BCUT2D eigenvalue weighted by Gasteiger charge is -2.12. The van der Waals surface area contributed by atoms with E-state index in [2.05, 4.69) is 4.74 Å². The van der Waals surface area contributed by atoms with Crippen molar-refractivity contribution in [1.29, 1.82) is 0 Å². The van der Waals surface area contributed by atoms with Crippen molar-refractivity contribution >= 4 is 17.8 Å². The molecule has 0 aromatic heterocycles. The molecule has 28 heavy (non-hydrogen) atoms. The molecule has 7 heteroatoms. The van der Waals surface area contributed by atoms with Gasteiger partial charge in [-0.15, -0.1) is 0 Å². The van der Waals surface area contributed by atoms with Gasteiger partial charge >= 0.3 is 12.6 Å². The van der Waals surface area contributed by atoms with Crippen LogP contribution in [0.5, 0.6) is 11.5 Å². The maximum atomic E-state index is 12.6. The van der Waals surface area contributed by atoms with Crippen LogP contribution in [0.1, 0.15) is 27.0 Å². The summed E-state index contributed by atoms with van der Waals surface area (Å²) in [6.45, 7) is 0.178. The summed E-state index contributed by atoms with van der Waals surface area (Å²) in [5, 5.41) is 0. The molecule has 0 N–H and O–H groups in total. The van der Waals surface area contributed by atoms with Crippen LogP contribution in [0.15, 0.2) is 42.5 Å². The van der Waals surface area contributed by atoms with Crippen molar-refractivity contribution in [2.45, 2.75) is 20.5 Å². The number of halogens is 2. The molecular formula is C21H20F2O5. The van der Waals surface area contributed by atoms with Gasteiger partial charge in [0.05, 0.1) is 7.11 Å². The first kappa shape index (κ1) is 21.1. The van der Waals surface area contributed by atoms with E-state index >= 15 is 0 Å². The zero-order valence-corrected chi connectivity index (χ0v) is 15.7. The number of hydrogen-bond donors (Lipinski definition) is 0. The second-order valence-electron chi connectivity index (χ2n) is 5.94. The van der Waals surface area contributed by atoms with Crippen molar-refractivity contribution < 1.29 is 32.6 Å². The van der Waals surface area contributed by atoms with Crippen molar-refractivity contribution in [1.82, 2.24) is 0 Å². The molecule has 0 amide bonds. The highest BCUT2D eigenvalue weighted by Gasteiger charge is 2.15. The van der Waals surface area contributed by atoms with Crippen LogP contribution in [0.4, 0.5) is 8.78 Å². The van der Waals surface area contributed by atoms with E-state index in [0.29, 0.717) is 5.56 Å². The number of para-hydroxylation sites is 1. The molecule has 0 spiro atoms. The predicted octanol–water partition coefficient (Wildman–Crippen LogP) is 4.35. The molecule has 148 valence electrons. The number of hydrogen-bond acceptors (Lipinski definition) is 5. The van der Waals surface area contributed by atoms with Crippen LogP contribution >= 0.6 is 0 Å². The van der Waals surface area contributed by atoms with Crippen molar-refractivity contribution in [3.05, 3.63) is 64.7 Å². The molecule has 2 aromatic carbocycles. The summed E-state index contributed by atoms with van der Waals surface area (Å²) >= 11 is 0. The Kier molecular flexibility index (Phi) is 7.26. The van der Waals surface area contributed by atoms with E-state index in [1.165, 1.54) is 25.3 Å². The highest BCUT2D eigenvalue weighted by Crippen LogP contribution is 2.33. The minimum Gasteiger partial charge on any atom is -0.493 e. The number of Topliss-reactive ketones (excluding diaryl/α,β-unsaturated/α-hetero) is 1. The van der Waals surface area contributed by atoms with Gasteiger partial charge in [0.1, 0.15) is 0 Å². The number of esters is 1. The molecular weight excluding hydrogens is 370 g/mol. The van der Waals surface area contributed by atoms with Crippen LogP contribution in [0.2, 0.25) is 0 Å². The predicted molar refractivity (Wildman–Crippen MR) is 99.9 cm³/mol. The van der Waals surface area contributed by atoms with Gasteiger partial charge in [-0.05, 0) is 37.6 Å². The van der Waals surface area contributed by atoms with Crippen LogP contribution in [-0.2, 0) is 9.53 Å². The fraction of sp³-hybridized carbons (Fsp3) is 0.238. The summed E-state index contributed by atoms with van der Waals surface area (Å²) in [4.78, 5) is 24.1. The molecule has 2 aromatic rings. The van der Waals surface area contributed by atoms with Crippen LogP contribution in [0.3, 0.4) is 0 Å². The van der Waals surface area contributed by atoms with Gasteiger partial charge in [0.25, 0.3) is 0 Å². The first-order chi connectivity index (χ1) is 13.3. The highest BCUT2D eigenvalue weighted by molar-refractivity contribution is 6.00. The SMILES string of the molecule is COc1cccc(/C=C/C(=O)OCC(=O)c2cc(C)ccc2C)c1OC(F)F. The van der Waals surface area contributed by atoms with Gasteiger partial charge in [-0.1, -0.05) is 29.8 Å². The summed E-state index contributed by atoms with van der Waals surface area (Å²) in [5.41, 5.74) is 2.40. The third kappa shape index (κ3) is 5.64. The van der Waals surface area contributed by atoms with Crippen LogP contribution in [-0.4, -0.2) is 32.1 Å². The van der Waals surface area contributed by atoms with E-state index in [0.717, 1.165) is 17.2 Å². The lowest BCUT2D eigenvalue weighted by atomic mass is 10.0. The van der Waals surface area contributed by atoms with Gasteiger partial charge in [0.2, 0.25) is 5.78 Å². The third-order valence-corrected chi connectivity index (χ3v) is 3.87. The van der Waals surface area contributed by atoms with Gasteiger partial charge in [0.15, 0.2) is 18.1 Å². The number of benzene rings is 2. The summed E-state index contributed by atoms with van der Waals surface area (Å²) in [7, 11) is 1.31. The molecule has 0 saturated carbocycles.